The van der Waals surface area contributed by atoms with E-state index in [-0.39, 0.29) is 24.0 Å². The van der Waals surface area contributed by atoms with Crippen LogP contribution in [0.25, 0.3) is 0 Å². The van der Waals surface area contributed by atoms with Crippen LogP contribution in [0, 0.1) is 0 Å². The SMILES string of the molecule is COCc1ccccc1NC(N)=NCCc1ccc(Cl)cc1.I. The van der Waals surface area contributed by atoms with Crippen LogP contribution in [-0.4, -0.2) is 19.6 Å². The van der Waals surface area contributed by atoms with Gasteiger partial charge in [-0.3, -0.25) is 4.99 Å². The molecule has 0 amide bonds. The molecule has 0 radical (unpaired) electrons. The number of para-hydroxylation sites is 1. The Balaban J connectivity index is 0.00000264. The molecule has 0 heterocycles. The van der Waals surface area contributed by atoms with Crippen LogP contribution < -0.4 is 11.1 Å². The maximum Gasteiger partial charge on any atom is 0.193 e. The molecular weight excluding hydrogens is 425 g/mol. The number of nitrogens with one attached hydrogen (secondary N) is 1. The number of anilines is 1. The fourth-order valence-electron chi connectivity index (χ4n) is 2.06. The summed E-state index contributed by atoms with van der Waals surface area (Å²) in [6.45, 7) is 1.15. The van der Waals surface area contributed by atoms with Crippen LogP contribution in [0.15, 0.2) is 53.5 Å². The molecule has 0 aromatic heterocycles. The molecule has 0 aliphatic rings. The zero-order valence-corrected chi connectivity index (χ0v) is 16.0. The minimum atomic E-state index is 0. The number of benzene rings is 2. The highest BCUT2D eigenvalue weighted by molar-refractivity contribution is 14.0. The van der Waals surface area contributed by atoms with Crippen molar-refractivity contribution < 1.29 is 4.74 Å². The maximum absolute atomic E-state index is 5.94. The second kappa shape index (κ2) is 10.5. The molecule has 0 fully saturated rings. The van der Waals surface area contributed by atoms with Crippen molar-refractivity contribution in [2.75, 3.05) is 19.0 Å². The molecule has 0 aliphatic heterocycles. The Morgan fingerprint density at radius 2 is 1.87 bits per heavy atom. The molecule has 0 saturated carbocycles. The Labute approximate surface area is 159 Å². The summed E-state index contributed by atoms with van der Waals surface area (Å²) in [5.41, 5.74) is 9.07. The predicted octanol–water partition coefficient (Wildman–Crippen LogP) is 4.07. The Morgan fingerprint density at radius 1 is 1.17 bits per heavy atom. The zero-order chi connectivity index (χ0) is 15.8. The van der Waals surface area contributed by atoms with Crippen molar-refractivity contribution in [1.82, 2.24) is 0 Å². The highest BCUT2D eigenvalue weighted by Gasteiger charge is 2.02. The first-order chi connectivity index (χ1) is 10.7. The van der Waals surface area contributed by atoms with E-state index in [1.165, 1.54) is 5.56 Å². The minimum absolute atomic E-state index is 0. The summed E-state index contributed by atoms with van der Waals surface area (Å²) in [5.74, 6) is 0.400. The second-order valence-electron chi connectivity index (χ2n) is 4.86. The number of hydrogen-bond donors (Lipinski definition) is 2. The van der Waals surface area contributed by atoms with E-state index in [2.05, 4.69) is 10.3 Å². The lowest BCUT2D eigenvalue weighted by Crippen LogP contribution is -2.23. The zero-order valence-electron chi connectivity index (χ0n) is 13.0. The molecule has 3 N–H and O–H groups in total. The Bertz CT molecular complexity index is 632. The molecule has 2 aromatic carbocycles. The van der Waals surface area contributed by atoms with E-state index in [1.807, 2.05) is 48.5 Å². The summed E-state index contributed by atoms with van der Waals surface area (Å²) in [4.78, 5) is 4.35. The lowest BCUT2D eigenvalue weighted by Gasteiger charge is -2.10. The average molecular weight is 446 g/mol. The van der Waals surface area contributed by atoms with Crippen LogP contribution in [0.3, 0.4) is 0 Å². The van der Waals surface area contributed by atoms with Crippen molar-refractivity contribution >= 4 is 47.2 Å². The number of guanidine groups is 1. The van der Waals surface area contributed by atoms with E-state index in [4.69, 9.17) is 22.1 Å². The van der Waals surface area contributed by atoms with Crippen LogP contribution in [0.1, 0.15) is 11.1 Å². The van der Waals surface area contributed by atoms with Crippen LogP contribution >= 0.6 is 35.6 Å². The number of rotatable bonds is 6. The van der Waals surface area contributed by atoms with E-state index in [1.54, 1.807) is 7.11 Å². The van der Waals surface area contributed by atoms with E-state index >= 15 is 0 Å². The summed E-state index contributed by atoms with van der Waals surface area (Å²) >= 11 is 5.86. The Kier molecular flexibility index (Phi) is 8.98. The van der Waals surface area contributed by atoms with Crippen LogP contribution in [-0.2, 0) is 17.8 Å². The molecule has 0 spiro atoms. The Morgan fingerprint density at radius 3 is 2.57 bits per heavy atom. The van der Waals surface area contributed by atoms with E-state index < -0.39 is 0 Å². The molecule has 124 valence electrons. The molecule has 23 heavy (non-hydrogen) atoms. The normalized spacial score (nSPS) is 11.0. The minimum Gasteiger partial charge on any atom is -0.380 e. The van der Waals surface area contributed by atoms with E-state index in [0.717, 1.165) is 22.7 Å². The lowest BCUT2D eigenvalue weighted by molar-refractivity contribution is 0.185. The largest absolute Gasteiger partial charge is 0.380 e. The quantitative estimate of drug-likeness (QED) is 0.400. The van der Waals surface area contributed by atoms with Gasteiger partial charge in [0.15, 0.2) is 5.96 Å². The molecule has 0 atom stereocenters. The Hall–Kier alpha value is -1.31. The third-order valence-electron chi connectivity index (χ3n) is 3.18. The van der Waals surface area contributed by atoms with Crippen molar-refractivity contribution in [3.63, 3.8) is 0 Å². The first-order valence-corrected chi connectivity index (χ1v) is 7.45. The fraction of sp³-hybridized carbons (Fsp3) is 0.235. The molecule has 0 bridgehead atoms. The number of halogens is 2. The van der Waals surface area contributed by atoms with Gasteiger partial charge in [0, 0.05) is 29.9 Å². The summed E-state index contributed by atoms with van der Waals surface area (Å²) < 4.78 is 5.17. The van der Waals surface area contributed by atoms with Crippen molar-refractivity contribution in [2.45, 2.75) is 13.0 Å². The van der Waals surface area contributed by atoms with Gasteiger partial charge in [-0.05, 0) is 30.2 Å². The van der Waals surface area contributed by atoms with Gasteiger partial charge in [-0.15, -0.1) is 24.0 Å². The molecule has 0 unspecified atom stereocenters. The number of ether oxygens (including phenoxy) is 1. The van der Waals surface area contributed by atoms with Crippen molar-refractivity contribution in [2.24, 2.45) is 10.7 Å². The number of aliphatic imine (C=N–C) groups is 1. The van der Waals surface area contributed by atoms with Gasteiger partial charge in [-0.1, -0.05) is 41.9 Å². The second-order valence-corrected chi connectivity index (χ2v) is 5.30. The number of nitrogens with two attached hydrogens (primary N) is 1. The van der Waals surface area contributed by atoms with Crippen LogP contribution in [0.4, 0.5) is 5.69 Å². The summed E-state index contributed by atoms with van der Waals surface area (Å²) in [6.07, 6.45) is 0.819. The molecule has 6 heteroatoms. The lowest BCUT2D eigenvalue weighted by atomic mass is 10.1. The number of hydrogen-bond acceptors (Lipinski definition) is 2. The van der Waals surface area contributed by atoms with Crippen molar-refractivity contribution in [1.29, 1.82) is 0 Å². The van der Waals surface area contributed by atoms with Gasteiger partial charge in [-0.25, -0.2) is 0 Å². The van der Waals surface area contributed by atoms with Crippen LogP contribution in [0.5, 0.6) is 0 Å². The standard InChI is InChI=1S/C17H20ClN3O.HI/c1-22-12-14-4-2-3-5-16(14)21-17(19)20-11-10-13-6-8-15(18)9-7-13;/h2-9H,10-12H2,1H3,(H3,19,20,21);1H. The highest BCUT2D eigenvalue weighted by atomic mass is 127. The smallest absolute Gasteiger partial charge is 0.193 e. The van der Waals surface area contributed by atoms with Gasteiger partial charge in [-0.2, -0.15) is 0 Å². The fourth-order valence-corrected chi connectivity index (χ4v) is 2.18. The highest BCUT2D eigenvalue weighted by Crippen LogP contribution is 2.15. The average Bonchev–Trinajstić information content (AvgIpc) is 2.51. The van der Waals surface area contributed by atoms with Gasteiger partial charge in [0.2, 0.25) is 0 Å². The monoisotopic (exact) mass is 445 g/mol. The summed E-state index contributed by atoms with van der Waals surface area (Å²) in [5, 5.41) is 3.86. The molecule has 2 rings (SSSR count). The van der Waals surface area contributed by atoms with Crippen molar-refractivity contribution in [3.8, 4) is 0 Å². The topological polar surface area (TPSA) is 59.6 Å². The van der Waals surface area contributed by atoms with Gasteiger partial charge in [0.1, 0.15) is 0 Å². The molecule has 2 aromatic rings. The maximum atomic E-state index is 5.94. The van der Waals surface area contributed by atoms with Gasteiger partial charge >= 0.3 is 0 Å². The summed E-state index contributed by atoms with van der Waals surface area (Å²) in [6, 6.07) is 15.6. The van der Waals surface area contributed by atoms with Crippen LogP contribution in [0.2, 0.25) is 5.02 Å². The first-order valence-electron chi connectivity index (χ1n) is 7.07. The van der Waals surface area contributed by atoms with Crippen molar-refractivity contribution in [3.05, 3.63) is 64.7 Å². The third-order valence-corrected chi connectivity index (χ3v) is 3.43. The number of nitrogens with zero attached hydrogens (tertiary/aromatic N) is 1. The summed E-state index contributed by atoms with van der Waals surface area (Å²) in [7, 11) is 1.67. The molecule has 4 nitrogen and oxygen atoms in total. The van der Waals surface area contributed by atoms with Gasteiger partial charge < -0.3 is 15.8 Å². The molecular formula is C17H21ClIN3O. The molecule has 0 aliphatic carbocycles. The molecule has 0 saturated heterocycles. The predicted molar refractivity (Wildman–Crippen MR) is 108 cm³/mol. The third kappa shape index (κ3) is 6.76. The number of methoxy groups -OCH3 is 1. The van der Waals surface area contributed by atoms with E-state index in [0.29, 0.717) is 19.1 Å². The van der Waals surface area contributed by atoms with Gasteiger partial charge in [0.05, 0.1) is 6.61 Å². The van der Waals surface area contributed by atoms with Gasteiger partial charge in [0.25, 0.3) is 0 Å². The first kappa shape index (κ1) is 19.7. The van der Waals surface area contributed by atoms with E-state index in [9.17, 15) is 0 Å².